The molecule has 0 unspecified atom stereocenters. The number of anilines is 1. The van der Waals surface area contributed by atoms with Crippen molar-refractivity contribution in [3.63, 3.8) is 0 Å². The first-order chi connectivity index (χ1) is 15.1. The van der Waals surface area contributed by atoms with Crippen molar-refractivity contribution in [2.45, 2.75) is 6.92 Å². The third kappa shape index (κ3) is 4.90. The van der Waals surface area contributed by atoms with Crippen LogP contribution in [0.4, 0.5) is 5.69 Å². The summed E-state index contributed by atoms with van der Waals surface area (Å²) in [5.41, 5.74) is 3.18. The van der Waals surface area contributed by atoms with Crippen molar-refractivity contribution in [2.75, 3.05) is 19.0 Å². The minimum Gasteiger partial charge on any atom is -0.497 e. The number of rotatable bonds is 7. The smallest absolute Gasteiger partial charge is 0.262 e. The second-order valence-electron chi connectivity index (χ2n) is 6.82. The molecule has 0 saturated heterocycles. The molecule has 0 saturated carbocycles. The van der Waals surface area contributed by atoms with Gasteiger partial charge in [0.2, 0.25) is 11.8 Å². The van der Waals surface area contributed by atoms with Crippen molar-refractivity contribution >= 4 is 11.6 Å². The van der Waals surface area contributed by atoms with Crippen molar-refractivity contribution in [3.8, 4) is 34.4 Å². The third-order valence-electron chi connectivity index (χ3n) is 4.63. The Morgan fingerprint density at radius 1 is 0.903 bits per heavy atom. The van der Waals surface area contributed by atoms with Crippen LogP contribution in [0, 0.1) is 6.92 Å². The number of aromatic nitrogens is 2. The lowest BCUT2D eigenvalue weighted by atomic mass is 10.2. The second-order valence-corrected chi connectivity index (χ2v) is 6.82. The van der Waals surface area contributed by atoms with E-state index >= 15 is 0 Å². The highest BCUT2D eigenvalue weighted by molar-refractivity contribution is 5.92. The number of para-hydroxylation sites is 1. The number of aryl methyl sites for hydroxylation is 1. The van der Waals surface area contributed by atoms with Gasteiger partial charge in [0.25, 0.3) is 5.91 Å². The third-order valence-corrected chi connectivity index (χ3v) is 4.63. The van der Waals surface area contributed by atoms with Crippen molar-refractivity contribution in [1.82, 2.24) is 10.2 Å². The van der Waals surface area contributed by atoms with Gasteiger partial charge in [0.05, 0.1) is 7.11 Å². The second kappa shape index (κ2) is 9.13. The van der Waals surface area contributed by atoms with Gasteiger partial charge in [0.15, 0.2) is 6.61 Å². The molecule has 0 bridgehead atoms. The molecule has 1 N–H and O–H groups in total. The molecule has 0 radical (unpaired) electrons. The number of nitrogens with one attached hydrogen (secondary N) is 1. The minimum atomic E-state index is -0.240. The first-order valence-corrected chi connectivity index (χ1v) is 9.69. The highest BCUT2D eigenvalue weighted by Gasteiger charge is 2.11. The van der Waals surface area contributed by atoms with Crippen molar-refractivity contribution in [3.05, 3.63) is 78.4 Å². The highest BCUT2D eigenvalue weighted by Crippen LogP contribution is 2.26. The summed E-state index contributed by atoms with van der Waals surface area (Å²) < 4.78 is 16.5. The van der Waals surface area contributed by atoms with E-state index in [0.717, 1.165) is 22.4 Å². The SMILES string of the molecule is COc1ccc(-c2nnc(-c3ccc(NC(=O)COc4ccccc4C)cc3)o2)cc1. The normalized spacial score (nSPS) is 10.5. The summed E-state index contributed by atoms with van der Waals surface area (Å²) in [4.78, 5) is 12.2. The minimum absolute atomic E-state index is 0.0680. The van der Waals surface area contributed by atoms with E-state index in [0.29, 0.717) is 23.2 Å². The maximum Gasteiger partial charge on any atom is 0.262 e. The van der Waals surface area contributed by atoms with Crippen LogP contribution in [-0.2, 0) is 4.79 Å². The molecule has 0 atom stereocenters. The molecular formula is C24H21N3O4. The van der Waals surface area contributed by atoms with E-state index in [2.05, 4.69) is 15.5 Å². The van der Waals surface area contributed by atoms with Gasteiger partial charge >= 0.3 is 0 Å². The van der Waals surface area contributed by atoms with Crippen LogP contribution in [-0.4, -0.2) is 29.8 Å². The predicted molar refractivity (Wildman–Crippen MR) is 117 cm³/mol. The lowest BCUT2D eigenvalue weighted by molar-refractivity contribution is -0.118. The molecule has 0 aliphatic rings. The Kier molecular flexibility index (Phi) is 5.93. The van der Waals surface area contributed by atoms with Gasteiger partial charge in [-0.3, -0.25) is 4.79 Å². The van der Waals surface area contributed by atoms with E-state index in [1.165, 1.54) is 0 Å². The Balaban J connectivity index is 1.37. The molecule has 0 aliphatic carbocycles. The number of benzene rings is 3. The molecular weight excluding hydrogens is 394 g/mol. The number of ether oxygens (including phenoxy) is 2. The van der Waals surface area contributed by atoms with Crippen molar-refractivity contribution in [2.24, 2.45) is 0 Å². The van der Waals surface area contributed by atoms with E-state index < -0.39 is 0 Å². The Bertz CT molecular complexity index is 1170. The molecule has 0 fully saturated rings. The monoisotopic (exact) mass is 415 g/mol. The van der Waals surface area contributed by atoms with Crippen LogP contribution < -0.4 is 14.8 Å². The van der Waals surface area contributed by atoms with Crippen LogP contribution in [0.15, 0.2) is 77.2 Å². The Morgan fingerprint density at radius 2 is 1.52 bits per heavy atom. The van der Waals surface area contributed by atoms with Crippen LogP contribution in [0.25, 0.3) is 22.9 Å². The molecule has 31 heavy (non-hydrogen) atoms. The van der Waals surface area contributed by atoms with E-state index in [1.54, 1.807) is 19.2 Å². The summed E-state index contributed by atoms with van der Waals surface area (Å²) >= 11 is 0. The lowest BCUT2D eigenvalue weighted by Gasteiger charge is -2.09. The van der Waals surface area contributed by atoms with E-state index in [4.69, 9.17) is 13.9 Å². The summed E-state index contributed by atoms with van der Waals surface area (Å²) in [6, 6.07) is 22.1. The number of carbonyl (C=O) groups excluding carboxylic acids is 1. The summed E-state index contributed by atoms with van der Waals surface area (Å²) in [5.74, 6) is 2.02. The molecule has 1 amide bonds. The van der Waals surface area contributed by atoms with E-state index in [9.17, 15) is 4.79 Å². The fourth-order valence-corrected chi connectivity index (χ4v) is 2.95. The van der Waals surface area contributed by atoms with Crippen LogP contribution >= 0.6 is 0 Å². The van der Waals surface area contributed by atoms with Gasteiger partial charge in [-0.15, -0.1) is 10.2 Å². The van der Waals surface area contributed by atoms with Crippen molar-refractivity contribution in [1.29, 1.82) is 0 Å². The maximum atomic E-state index is 12.2. The van der Waals surface area contributed by atoms with Gasteiger partial charge in [0.1, 0.15) is 11.5 Å². The number of hydrogen-bond acceptors (Lipinski definition) is 6. The summed E-state index contributed by atoms with van der Waals surface area (Å²) in [5, 5.41) is 11.0. The molecule has 7 heteroatoms. The number of amides is 1. The highest BCUT2D eigenvalue weighted by atomic mass is 16.5. The van der Waals surface area contributed by atoms with Gasteiger partial charge in [-0.25, -0.2) is 0 Å². The van der Waals surface area contributed by atoms with Crippen LogP contribution in [0.1, 0.15) is 5.56 Å². The average Bonchev–Trinajstić information content (AvgIpc) is 3.29. The molecule has 4 aromatic rings. The molecule has 0 aliphatic heterocycles. The van der Waals surface area contributed by atoms with Gasteiger partial charge in [0, 0.05) is 16.8 Å². The fourth-order valence-electron chi connectivity index (χ4n) is 2.95. The van der Waals surface area contributed by atoms with Gasteiger partial charge in [-0.1, -0.05) is 18.2 Å². The number of hydrogen-bond donors (Lipinski definition) is 1. The maximum absolute atomic E-state index is 12.2. The molecule has 1 heterocycles. The summed E-state index contributed by atoms with van der Waals surface area (Å²) in [7, 11) is 1.61. The quantitative estimate of drug-likeness (QED) is 0.469. The summed E-state index contributed by atoms with van der Waals surface area (Å²) in [6.07, 6.45) is 0. The van der Waals surface area contributed by atoms with Crippen LogP contribution in [0.3, 0.4) is 0 Å². The number of carbonyl (C=O) groups is 1. The number of nitrogens with zero attached hydrogens (tertiary/aromatic N) is 2. The Hall–Kier alpha value is -4.13. The van der Waals surface area contributed by atoms with Crippen LogP contribution in [0.2, 0.25) is 0 Å². The molecule has 7 nitrogen and oxygen atoms in total. The summed E-state index contributed by atoms with van der Waals surface area (Å²) in [6.45, 7) is 1.87. The predicted octanol–water partition coefficient (Wildman–Crippen LogP) is 4.74. The topological polar surface area (TPSA) is 86.5 Å². The standard InChI is InChI=1S/C24H21N3O4/c1-16-5-3-4-6-21(16)30-15-22(28)25-19-11-7-17(8-12-19)23-26-27-24(31-23)18-9-13-20(29-2)14-10-18/h3-14H,15H2,1-2H3,(H,25,28). The van der Waals surface area contributed by atoms with E-state index in [-0.39, 0.29) is 12.5 Å². The van der Waals surface area contributed by atoms with Gasteiger partial charge < -0.3 is 19.2 Å². The molecule has 4 rings (SSSR count). The first kappa shape index (κ1) is 20.2. The van der Waals surface area contributed by atoms with E-state index in [1.807, 2.05) is 67.6 Å². The largest absolute Gasteiger partial charge is 0.497 e. The zero-order chi connectivity index (χ0) is 21.6. The lowest BCUT2D eigenvalue weighted by Crippen LogP contribution is -2.20. The Morgan fingerprint density at radius 3 is 2.13 bits per heavy atom. The van der Waals surface area contributed by atoms with Crippen LogP contribution in [0.5, 0.6) is 11.5 Å². The Labute approximate surface area is 179 Å². The number of methoxy groups -OCH3 is 1. The van der Waals surface area contributed by atoms with Gasteiger partial charge in [-0.05, 0) is 67.1 Å². The van der Waals surface area contributed by atoms with Crippen molar-refractivity contribution < 1.29 is 18.7 Å². The first-order valence-electron chi connectivity index (χ1n) is 9.69. The molecule has 3 aromatic carbocycles. The fraction of sp³-hybridized carbons (Fsp3) is 0.125. The van der Waals surface area contributed by atoms with Gasteiger partial charge in [-0.2, -0.15) is 0 Å². The molecule has 156 valence electrons. The molecule has 0 spiro atoms. The zero-order valence-electron chi connectivity index (χ0n) is 17.2. The average molecular weight is 415 g/mol. The zero-order valence-corrected chi connectivity index (χ0v) is 17.2. The molecule has 1 aromatic heterocycles.